The van der Waals surface area contributed by atoms with Gasteiger partial charge in [-0.1, -0.05) is 0 Å². The number of nitro benzene ring substituents is 1. The van der Waals surface area contributed by atoms with Crippen molar-refractivity contribution < 1.29 is 36.4 Å². The number of ketones is 1. The number of benzene rings is 2. The number of nitrogens with zero attached hydrogens (tertiary/aromatic N) is 3. The molecule has 1 aromatic heterocycles. The molecule has 0 amide bonds. The molecule has 4 rings (SSSR count). The molecular weight excluding hydrogens is 524 g/mol. The van der Waals surface area contributed by atoms with E-state index in [2.05, 4.69) is 4.74 Å². The Bertz CT molecular complexity index is 1460. The van der Waals surface area contributed by atoms with E-state index in [1.54, 1.807) is 36.6 Å². The van der Waals surface area contributed by atoms with Gasteiger partial charge in [0.15, 0.2) is 12.4 Å². The highest BCUT2D eigenvalue weighted by molar-refractivity contribution is 7.89. The van der Waals surface area contributed by atoms with Crippen LogP contribution in [0.15, 0.2) is 53.4 Å². The van der Waals surface area contributed by atoms with Gasteiger partial charge >= 0.3 is 12.3 Å². The van der Waals surface area contributed by atoms with E-state index >= 15 is 0 Å². The summed E-state index contributed by atoms with van der Waals surface area (Å²) >= 11 is 0. The van der Waals surface area contributed by atoms with Crippen LogP contribution in [0, 0.1) is 24.0 Å². The van der Waals surface area contributed by atoms with Gasteiger partial charge in [0.2, 0.25) is 15.8 Å². The zero-order valence-electron chi connectivity index (χ0n) is 20.6. The van der Waals surface area contributed by atoms with Crippen LogP contribution in [0.3, 0.4) is 0 Å². The molecule has 10 nitrogen and oxygen atoms in total. The zero-order chi connectivity index (χ0) is 27.6. The molecule has 1 fully saturated rings. The number of aromatic nitrogens is 1. The Kier molecular flexibility index (Phi) is 7.78. The summed E-state index contributed by atoms with van der Waals surface area (Å²) < 4.78 is 63.3. The Morgan fingerprint density at radius 1 is 1.08 bits per heavy atom. The minimum atomic E-state index is -3.87. The molecule has 38 heavy (non-hydrogen) atoms. The number of carbonyl (C=O) groups excluding carboxylic acids is 1. The van der Waals surface area contributed by atoms with Gasteiger partial charge in [-0.15, -0.1) is 0 Å². The van der Waals surface area contributed by atoms with Gasteiger partial charge in [0.05, 0.1) is 9.82 Å². The van der Waals surface area contributed by atoms with Crippen LogP contribution in [-0.2, 0) is 10.0 Å². The summed E-state index contributed by atoms with van der Waals surface area (Å²) in [4.78, 5) is 23.7. The fourth-order valence-corrected chi connectivity index (χ4v) is 5.98. The van der Waals surface area contributed by atoms with E-state index in [4.69, 9.17) is 4.74 Å². The second kappa shape index (κ2) is 10.9. The van der Waals surface area contributed by atoms with Crippen molar-refractivity contribution in [1.82, 2.24) is 8.87 Å². The summed E-state index contributed by atoms with van der Waals surface area (Å²) in [5.74, 6) is -0.686. The fourth-order valence-electron chi connectivity index (χ4n) is 4.44. The number of ether oxygens (including phenoxy) is 2. The van der Waals surface area contributed by atoms with Gasteiger partial charge in [0.25, 0.3) is 0 Å². The first kappa shape index (κ1) is 27.2. The number of nitro groups is 1. The van der Waals surface area contributed by atoms with Crippen LogP contribution in [0.4, 0.5) is 14.5 Å². The highest BCUT2D eigenvalue weighted by Gasteiger charge is 2.30. The first-order chi connectivity index (χ1) is 18.0. The van der Waals surface area contributed by atoms with Gasteiger partial charge in [-0.25, -0.2) is 8.42 Å². The van der Waals surface area contributed by atoms with Gasteiger partial charge < -0.3 is 14.0 Å². The first-order valence-electron chi connectivity index (χ1n) is 11.7. The molecule has 0 unspecified atom stereocenters. The van der Waals surface area contributed by atoms with Crippen molar-refractivity contribution in [2.75, 3.05) is 19.7 Å². The lowest BCUT2D eigenvalue weighted by atomic mass is 10.1. The molecular formula is C25H25F2N3O7S. The van der Waals surface area contributed by atoms with Crippen molar-refractivity contribution in [2.45, 2.75) is 38.2 Å². The van der Waals surface area contributed by atoms with E-state index in [0.29, 0.717) is 35.7 Å². The Morgan fingerprint density at radius 2 is 1.74 bits per heavy atom. The summed E-state index contributed by atoms with van der Waals surface area (Å²) in [5.41, 5.74) is 1.61. The maximum Gasteiger partial charge on any atom is 0.387 e. The normalized spacial score (nSPS) is 14.1. The molecule has 2 aromatic carbocycles. The van der Waals surface area contributed by atoms with Crippen molar-refractivity contribution in [2.24, 2.45) is 0 Å². The highest BCUT2D eigenvalue weighted by atomic mass is 32.2. The molecule has 2 heterocycles. The van der Waals surface area contributed by atoms with Crippen LogP contribution >= 0.6 is 0 Å². The lowest BCUT2D eigenvalue weighted by Crippen LogP contribution is -2.27. The van der Waals surface area contributed by atoms with Crippen molar-refractivity contribution in [1.29, 1.82) is 0 Å². The van der Waals surface area contributed by atoms with Gasteiger partial charge in [-0.2, -0.15) is 13.1 Å². The van der Waals surface area contributed by atoms with Crippen molar-refractivity contribution in [3.8, 4) is 17.2 Å². The zero-order valence-corrected chi connectivity index (χ0v) is 21.4. The Morgan fingerprint density at radius 3 is 2.34 bits per heavy atom. The molecule has 0 saturated carbocycles. The monoisotopic (exact) mass is 549 g/mol. The van der Waals surface area contributed by atoms with Crippen LogP contribution in [0.2, 0.25) is 0 Å². The predicted octanol–water partition coefficient (Wildman–Crippen LogP) is 4.65. The lowest BCUT2D eigenvalue weighted by molar-refractivity contribution is -0.386. The molecule has 3 aromatic rings. The van der Waals surface area contributed by atoms with E-state index in [0.717, 1.165) is 18.9 Å². The molecule has 1 aliphatic rings. The third-order valence-electron chi connectivity index (χ3n) is 6.24. The Balaban J connectivity index is 1.53. The average Bonchev–Trinajstić information content (AvgIpc) is 3.51. The van der Waals surface area contributed by atoms with E-state index in [9.17, 15) is 32.1 Å². The van der Waals surface area contributed by atoms with Gasteiger partial charge in [-0.3, -0.25) is 14.9 Å². The number of alkyl halides is 2. The second-order valence-corrected chi connectivity index (χ2v) is 10.6. The van der Waals surface area contributed by atoms with E-state index in [1.807, 2.05) is 0 Å². The number of Topliss-reactive ketones (excluding diaryl/α,β-unsaturated/α-hetero) is 1. The standard InChI is InChI=1S/C25H25F2N3O7S/c1-16-13-21(17(2)29(16)18-5-7-19(8-6-18)37-25(26)27)23(31)15-36-24-10-9-20(14-22(24)30(32)33)38(34,35)28-11-3-4-12-28/h5-10,13-14,25H,3-4,11-12,15H2,1-2H3. The van der Waals surface area contributed by atoms with E-state index in [1.165, 1.54) is 28.6 Å². The molecule has 0 N–H and O–H groups in total. The summed E-state index contributed by atoms with van der Waals surface area (Å²) in [7, 11) is -3.87. The number of halogens is 2. The third kappa shape index (κ3) is 5.53. The average molecular weight is 550 g/mol. The molecule has 202 valence electrons. The summed E-state index contributed by atoms with van der Waals surface area (Å²) in [6.07, 6.45) is 1.45. The molecule has 0 atom stereocenters. The Labute approximate surface area is 217 Å². The maximum atomic E-state index is 13.0. The van der Waals surface area contributed by atoms with Crippen LogP contribution in [-0.4, -0.2) is 54.3 Å². The predicted molar refractivity (Wildman–Crippen MR) is 133 cm³/mol. The summed E-state index contributed by atoms with van der Waals surface area (Å²) in [6, 6.07) is 10.9. The van der Waals surface area contributed by atoms with Crippen molar-refractivity contribution in [3.63, 3.8) is 0 Å². The Hall–Kier alpha value is -3.84. The SMILES string of the molecule is Cc1cc(C(=O)COc2ccc(S(=O)(=O)N3CCCC3)cc2[N+](=O)[O-])c(C)n1-c1ccc(OC(F)F)cc1. The van der Waals surface area contributed by atoms with E-state index < -0.39 is 39.6 Å². The number of sulfonamides is 1. The van der Waals surface area contributed by atoms with Crippen molar-refractivity contribution >= 4 is 21.5 Å². The van der Waals surface area contributed by atoms with Crippen LogP contribution < -0.4 is 9.47 Å². The quantitative estimate of drug-likeness (QED) is 0.205. The molecule has 1 saturated heterocycles. The first-order valence-corrected chi connectivity index (χ1v) is 13.1. The minimum absolute atomic E-state index is 0.00300. The molecule has 0 radical (unpaired) electrons. The van der Waals surface area contributed by atoms with Crippen LogP contribution in [0.5, 0.6) is 11.5 Å². The second-order valence-electron chi connectivity index (χ2n) is 8.70. The molecule has 1 aliphatic heterocycles. The number of hydrogen-bond donors (Lipinski definition) is 0. The largest absolute Gasteiger partial charge is 0.478 e. The molecule has 0 bridgehead atoms. The highest BCUT2D eigenvalue weighted by Crippen LogP contribution is 2.32. The van der Waals surface area contributed by atoms with E-state index in [-0.39, 0.29) is 16.4 Å². The minimum Gasteiger partial charge on any atom is -0.478 e. The van der Waals surface area contributed by atoms with Crippen LogP contribution in [0.1, 0.15) is 34.6 Å². The van der Waals surface area contributed by atoms with Crippen LogP contribution in [0.25, 0.3) is 5.69 Å². The lowest BCUT2D eigenvalue weighted by Gasteiger charge is -2.16. The van der Waals surface area contributed by atoms with Gasteiger partial charge in [0.1, 0.15) is 5.75 Å². The number of hydrogen-bond acceptors (Lipinski definition) is 7. The fraction of sp³-hybridized carbons (Fsp3) is 0.320. The molecule has 0 aliphatic carbocycles. The number of carbonyl (C=O) groups is 1. The van der Waals surface area contributed by atoms with Crippen molar-refractivity contribution in [3.05, 3.63) is 75.6 Å². The maximum absolute atomic E-state index is 13.0. The number of aryl methyl sites for hydroxylation is 1. The number of rotatable bonds is 10. The summed E-state index contributed by atoms with van der Waals surface area (Å²) in [5, 5.41) is 11.7. The molecule has 0 spiro atoms. The summed E-state index contributed by atoms with van der Waals surface area (Å²) in [6.45, 7) is 0.707. The van der Waals surface area contributed by atoms with Gasteiger partial charge in [-0.05, 0) is 69.2 Å². The smallest absolute Gasteiger partial charge is 0.387 e. The third-order valence-corrected chi connectivity index (χ3v) is 8.13. The molecule has 13 heteroatoms. The van der Waals surface area contributed by atoms with Gasteiger partial charge in [0, 0.05) is 41.8 Å². The topological polar surface area (TPSA) is 121 Å².